The van der Waals surface area contributed by atoms with Gasteiger partial charge < -0.3 is 20.7 Å². The van der Waals surface area contributed by atoms with Crippen molar-refractivity contribution >= 4 is 17.5 Å². The molecule has 0 aliphatic carbocycles. The molecule has 1 aromatic carbocycles. The van der Waals surface area contributed by atoms with Crippen LogP contribution in [0.25, 0.3) is 0 Å². The highest BCUT2D eigenvalue weighted by atomic mass is 16.5. The molecule has 0 spiro atoms. The first-order valence-corrected chi connectivity index (χ1v) is 7.79. The lowest BCUT2D eigenvalue weighted by Gasteiger charge is -2.27. The Morgan fingerprint density at radius 2 is 2.09 bits per heavy atom. The zero-order chi connectivity index (χ0) is 16.7. The van der Waals surface area contributed by atoms with Crippen LogP contribution >= 0.6 is 0 Å². The molecule has 23 heavy (non-hydrogen) atoms. The predicted molar refractivity (Wildman–Crippen MR) is 89.4 cm³/mol. The van der Waals surface area contributed by atoms with Crippen molar-refractivity contribution in [3.63, 3.8) is 0 Å². The number of anilines is 1. The van der Waals surface area contributed by atoms with Crippen LogP contribution in [0.4, 0.5) is 5.69 Å². The monoisotopic (exact) mass is 317 g/mol. The smallest absolute Gasteiger partial charge is 0.248 e. The molecular formula is C17H23N3O3. The van der Waals surface area contributed by atoms with Crippen LogP contribution in [0, 0.1) is 0 Å². The molecule has 1 aromatic rings. The molecular weight excluding hydrogens is 294 g/mol. The molecule has 2 amide bonds. The maximum absolute atomic E-state index is 11.9. The Morgan fingerprint density at radius 1 is 1.39 bits per heavy atom. The Balaban J connectivity index is 1.83. The van der Waals surface area contributed by atoms with E-state index in [0.29, 0.717) is 5.69 Å². The molecule has 1 aliphatic rings. The van der Waals surface area contributed by atoms with Gasteiger partial charge in [-0.25, -0.2) is 0 Å². The molecule has 1 fully saturated rings. The average molecular weight is 317 g/mol. The third-order valence-electron chi connectivity index (χ3n) is 3.75. The van der Waals surface area contributed by atoms with Gasteiger partial charge in [0, 0.05) is 17.8 Å². The van der Waals surface area contributed by atoms with Crippen LogP contribution in [0.5, 0.6) is 5.75 Å². The second-order valence-corrected chi connectivity index (χ2v) is 5.40. The molecule has 0 saturated carbocycles. The van der Waals surface area contributed by atoms with E-state index in [1.165, 1.54) is 6.08 Å². The third-order valence-corrected chi connectivity index (χ3v) is 3.75. The van der Waals surface area contributed by atoms with Crippen LogP contribution in [0.1, 0.15) is 19.8 Å². The highest BCUT2D eigenvalue weighted by Gasteiger charge is 2.25. The summed E-state index contributed by atoms with van der Waals surface area (Å²) >= 11 is 0. The average Bonchev–Trinajstić information content (AvgIpc) is 2.50. The first kappa shape index (κ1) is 17.0. The van der Waals surface area contributed by atoms with Gasteiger partial charge in [-0.2, -0.15) is 0 Å². The molecule has 6 heteroatoms. The summed E-state index contributed by atoms with van der Waals surface area (Å²) in [6.45, 7) is 2.85. The van der Waals surface area contributed by atoms with Crippen LogP contribution in [-0.4, -0.2) is 37.6 Å². The summed E-state index contributed by atoms with van der Waals surface area (Å²) in [6.07, 6.45) is 4.76. The van der Waals surface area contributed by atoms with Crippen LogP contribution in [0.3, 0.4) is 0 Å². The van der Waals surface area contributed by atoms with E-state index in [-0.39, 0.29) is 23.9 Å². The summed E-state index contributed by atoms with van der Waals surface area (Å²) in [5.41, 5.74) is 0.691. The second-order valence-electron chi connectivity index (χ2n) is 5.40. The van der Waals surface area contributed by atoms with E-state index in [1.54, 1.807) is 37.5 Å². The second kappa shape index (κ2) is 8.33. The van der Waals surface area contributed by atoms with E-state index in [9.17, 15) is 9.59 Å². The Hall–Kier alpha value is -2.34. The molecule has 0 radical (unpaired) electrons. The van der Waals surface area contributed by atoms with Crippen LogP contribution in [0.15, 0.2) is 36.4 Å². The first-order chi connectivity index (χ1) is 11.1. The van der Waals surface area contributed by atoms with E-state index >= 15 is 0 Å². The highest BCUT2D eigenvalue weighted by molar-refractivity contribution is 5.99. The van der Waals surface area contributed by atoms with Crippen LogP contribution in [0.2, 0.25) is 0 Å². The fourth-order valence-electron chi connectivity index (χ4n) is 2.14. The van der Waals surface area contributed by atoms with Crippen LogP contribution in [-0.2, 0) is 9.59 Å². The van der Waals surface area contributed by atoms with Crippen LogP contribution < -0.4 is 20.7 Å². The number of nitrogens with one attached hydrogen (secondary N) is 3. The minimum Gasteiger partial charge on any atom is -0.497 e. The lowest BCUT2D eigenvalue weighted by Crippen LogP contribution is -2.54. The first-order valence-electron chi connectivity index (χ1n) is 7.79. The number of carbonyl (C=O) groups excluding carboxylic acids is 2. The largest absolute Gasteiger partial charge is 0.497 e. The van der Waals surface area contributed by atoms with E-state index in [4.69, 9.17) is 4.74 Å². The van der Waals surface area contributed by atoms with Gasteiger partial charge in [0.15, 0.2) is 0 Å². The molecule has 6 nitrogen and oxygen atoms in total. The summed E-state index contributed by atoms with van der Waals surface area (Å²) in [6, 6.07) is 6.86. The number of hydrogen-bond donors (Lipinski definition) is 3. The SMILES string of the molecule is CC[C@@H](/C=C/C(=O)Nc1ccc(OC)cc1)NC(=O)C1CCN1. The lowest BCUT2D eigenvalue weighted by atomic mass is 10.1. The Bertz CT molecular complexity index is 565. The molecule has 124 valence electrons. The van der Waals surface area contributed by atoms with Crippen molar-refractivity contribution in [1.82, 2.24) is 10.6 Å². The lowest BCUT2D eigenvalue weighted by molar-refractivity contribution is -0.125. The molecule has 2 rings (SSSR count). The van der Waals surface area contributed by atoms with Crippen molar-refractivity contribution < 1.29 is 14.3 Å². The Kier molecular flexibility index (Phi) is 6.17. The fourth-order valence-corrected chi connectivity index (χ4v) is 2.14. The molecule has 1 heterocycles. The summed E-state index contributed by atoms with van der Waals surface area (Å²) in [4.78, 5) is 23.8. The number of amides is 2. The molecule has 1 unspecified atom stereocenters. The molecule has 0 bridgehead atoms. The number of rotatable bonds is 7. The van der Waals surface area contributed by atoms with Crippen molar-refractivity contribution in [1.29, 1.82) is 0 Å². The van der Waals surface area contributed by atoms with Crippen molar-refractivity contribution in [2.45, 2.75) is 31.8 Å². The number of hydrogen-bond acceptors (Lipinski definition) is 4. The fraction of sp³-hybridized carbons (Fsp3) is 0.412. The zero-order valence-electron chi connectivity index (χ0n) is 13.5. The van der Waals surface area contributed by atoms with Gasteiger partial charge in [0.25, 0.3) is 0 Å². The van der Waals surface area contributed by atoms with Gasteiger partial charge in [0.1, 0.15) is 5.75 Å². The quantitative estimate of drug-likeness (QED) is 0.665. The van der Waals surface area contributed by atoms with Crippen molar-refractivity contribution in [2.75, 3.05) is 19.0 Å². The molecule has 0 aromatic heterocycles. The Labute approximate surface area is 136 Å². The van der Waals surface area contributed by atoms with Crippen molar-refractivity contribution in [3.05, 3.63) is 36.4 Å². The highest BCUT2D eigenvalue weighted by Crippen LogP contribution is 2.14. The molecule has 1 saturated heterocycles. The third kappa shape index (κ3) is 5.10. The molecule has 2 atom stereocenters. The topological polar surface area (TPSA) is 79.5 Å². The molecule has 1 aliphatic heterocycles. The standard InChI is InChI=1S/C17H23N3O3/c1-3-12(20-17(22)15-10-11-18-15)6-9-16(21)19-13-4-7-14(23-2)8-5-13/h4-9,12,15,18H,3,10-11H2,1-2H3,(H,19,21)(H,20,22)/b9-6+/t12-,15?/m0/s1. The number of methoxy groups -OCH3 is 1. The molecule has 3 N–H and O–H groups in total. The minimum atomic E-state index is -0.232. The summed E-state index contributed by atoms with van der Waals surface area (Å²) in [5.74, 6) is 0.491. The van der Waals surface area contributed by atoms with E-state index in [2.05, 4.69) is 16.0 Å². The van der Waals surface area contributed by atoms with Gasteiger partial charge in [-0.15, -0.1) is 0 Å². The van der Waals surface area contributed by atoms with Gasteiger partial charge in [0.05, 0.1) is 13.2 Å². The minimum absolute atomic E-state index is 0.0108. The number of benzene rings is 1. The van der Waals surface area contributed by atoms with Gasteiger partial charge in [-0.1, -0.05) is 13.0 Å². The summed E-state index contributed by atoms with van der Waals surface area (Å²) in [7, 11) is 1.59. The van der Waals surface area contributed by atoms with Gasteiger partial charge in [0.2, 0.25) is 11.8 Å². The number of ether oxygens (including phenoxy) is 1. The summed E-state index contributed by atoms with van der Waals surface area (Å²) < 4.78 is 5.07. The van der Waals surface area contributed by atoms with Crippen molar-refractivity contribution in [2.24, 2.45) is 0 Å². The van der Waals surface area contributed by atoms with Gasteiger partial charge in [-0.3, -0.25) is 9.59 Å². The number of carbonyl (C=O) groups is 2. The zero-order valence-corrected chi connectivity index (χ0v) is 13.5. The normalized spacial score (nSPS) is 18.1. The van der Waals surface area contributed by atoms with E-state index < -0.39 is 0 Å². The maximum atomic E-state index is 11.9. The van der Waals surface area contributed by atoms with E-state index in [0.717, 1.165) is 25.1 Å². The Morgan fingerprint density at radius 3 is 2.61 bits per heavy atom. The van der Waals surface area contributed by atoms with E-state index in [1.807, 2.05) is 6.92 Å². The predicted octanol–water partition coefficient (Wildman–Crippen LogP) is 1.45. The van der Waals surface area contributed by atoms with Crippen molar-refractivity contribution in [3.8, 4) is 5.75 Å². The summed E-state index contributed by atoms with van der Waals surface area (Å²) in [5, 5.41) is 8.74. The maximum Gasteiger partial charge on any atom is 0.248 e. The van der Waals surface area contributed by atoms with Gasteiger partial charge in [-0.05, 0) is 43.7 Å². The van der Waals surface area contributed by atoms with Gasteiger partial charge >= 0.3 is 0 Å².